The number of para-hydroxylation sites is 1. The molecule has 0 saturated carbocycles. The van der Waals surface area contributed by atoms with Crippen LogP contribution >= 0.6 is 11.6 Å². The molecule has 0 fully saturated rings. The van der Waals surface area contributed by atoms with Crippen LogP contribution in [-0.2, 0) is 6.54 Å². The second kappa shape index (κ2) is 9.17. The van der Waals surface area contributed by atoms with Gasteiger partial charge in [0.25, 0.3) is 11.5 Å². The Kier molecular flexibility index (Phi) is 6.14. The summed E-state index contributed by atoms with van der Waals surface area (Å²) < 4.78 is 29.0. The molecule has 0 spiro atoms. The van der Waals surface area contributed by atoms with Gasteiger partial charge in [-0.15, -0.1) is 0 Å². The number of benzene rings is 3. The molecular formula is C23H15ClF2N4O3. The van der Waals surface area contributed by atoms with E-state index in [4.69, 9.17) is 11.6 Å². The fraction of sp³-hybridized carbons (Fsp3) is 0.0435. The summed E-state index contributed by atoms with van der Waals surface area (Å²) in [6.07, 6.45) is 0. The van der Waals surface area contributed by atoms with Gasteiger partial charge >= 0.3 is 5.69 Å². The van der Waals surface area contributed by atoms with E-state index in [1.54, 1.807) is 24.3 Å². The van der Waals surface area contributed by atoms with Gasteiger partial charge in [-0.3, -0.25) is 14.2 Å². The van der Waals surface area contributed by atoms with Crippen molar-refractivity contribution in [3.63, 3.8) is 0 Å². The van der Waals surface area contributed by atoms with E-state index in [2.05, 4.69) is 10.4 Å². The minimum atomic E-state index is -0.979. The van der Waals surface area contributed by atoms with Crippen molar-refractivity contribution in [2.75, 3.05) is 5.32 Å². The Morgan fingerprint density at radius 3 is 2.39 bits per heavy atom. The van der Waals surface area contributed by atoms with Gasteiger partial charge in [-0.1, -0.05) is 35.9 Å². The summed E-state index contributed by atoms with van der Waals surface area (Å²) in [4.78, 5) is 39.0. The summed E-state index contributed by atoms with van der Waals surface area (Å²) in [7, 11) is 0. The molecule has 1 N–H and O–H groups in total. The Hall–Kier alpha value is -4.11. The lowest BCUT2D eigenvalue weighted by Crippen LogP contribution is -2.45. The molecule has 0 saturated heterocycles. The van der Waals surface area contributed by atoms with E-state index in [9.17, 15) is 23.2 Å². The molecule has 33 heavy (non-hydrogen) atoms. The van der Waals surface area contributed by atoms with Crippen LogP contribution in [0.15, 0.2) is 82.4 Å². The number of anilines is 1. The average molecular weight is 469 g/mol. The summed E-state index contributed by atoms with van der Waals surface area (Å²) in [5.41, 5.74) is -2.09. The van der Waals surface area contributed by atoms with Gasteiger partial charge in [0, 0.05) is 10.7 Å². The Morgan fingerprint density at radius 1 is 0.970 bits per heavy atom. The Balaban J connectivity index is 1.86. The van der Waals surface area contributed by atoms with Crippen LogP contribution < -0.4 is 16.6 Å². The highest BCUT2D eigenvalue weighted by atomic mass is 35.5. The zero-order valence-electron chi connectivity index (χ0n) is 16.8. The minimum absolute atomic E-state index is 0.202. The second-order valence-corrected chi connectivity index (χ2v) is 7.41. The minimum Gasteiger partial charge on any atom is -0.320 e. The van der Waals surface area contributed by atoms with Crippen molar-refractivity contribution >= 4 is 23.2 Å². The number of carbonyl (C=O) groups excluding carboxylic acids is 1. The molecule has 1 heterocycles. The summed E-state index contributed by atoms with van der Waals surface area (Å²) in [6.45, 7) is -0.230. The lowest BCUT2D eigenvalue weighted by molar-refractivity contribution is 0.101. The largest absolute Gasteiger partial charge is 0.352 e. The van der Waals surface area contributed by atoms with Crippen LogP contribution in [0.25, 0.3) is 5.69 Å². The number of carbonyl (C=O) groups is 1. The molecule has 166 valence electrons. The van der Waals surface area contributed by atoms with Crippen molar-refractivity contribution in [2.24, 2.45) is 0 Å². The zero-order chi connectivity index (χ0) is 23.5. The molecule has 4 aromatic rings. The number of nitrogens with one attached hydrogen (secondary N) is 1. The normalized spacial score (nSPS) is 10.8. The van der Waals surface area contributed by atoms with Crippen LogP contribution in [0.1, 0.15) is 16.1 Å². The van der Waals surface area contributed by atoms with Crippen molar-refractivity contribution in [2.45, 2.75) is 6.54 Å². The first-order valence-electron chi connectivity index (χ1n) is 9.64. The molecule has 3 aromatic carbocycles. The van der Waals surface area contributed by atoms with Gasteiger partial charge < -0.3 is 5.32 Å². The maximum absolute atomic E-state index is 14.4. The fourth-order valence-corrected chi connectivity index (χ4v) is 3.33. The highest BCUT2D eigenvalue weighted by Gasteiger charge is 2.22. The van der Waals surface area contributed by atoms with Crippen molar-refractivity contribution in [1.29, 1.82) is 0 Å². The van der Waals surface area contributed by atoms with Crippen LogP contribution in [0.5, 0.6) is 0 Å². The van der Waals surface area contributed by atoms with Gasteiger partial charge in [-0.2, -0.15) is 9.78 Å². The zero-order valence-corrected chi connectivity index (χ0v) is 17.6. The topological polar surface area (TPSA) is 86.0 Å². The van der Waals surface area contributed by atoms with Crippen LogP contribution in [0.2, 0.25) is 5.02 Å². The third-order valence-electron chi connectivity index (χ3n) is 4.69. The molecule has 0 bridgehead atoms. The molecule has 7 nitrogen and oxygen atoms in total. The van der Waals surface area contributed by atoms with Crippen LogP contribution in [0, 0.1) is 11.6 Å². The first-order chi connectivity index (χ1) is 15.8. The lowest BCUT2D eigenvalue weighted by atomic mass is 10.2. The molecular weight excluding hydrogens is 454 g/mol. The third-order valence-corrected chi connectivity index (χ3v) is 4.92. The standard InChI is InChI=1S/C23H15ClF2N4O3/c24-15-5-3-4-14(12-15)13-29-22(32)20(21(31)27-17-10-8-16(25)9-11-17)28-30(23(29)33)19-7-2-1-6-18(19)26/h1-12H,13H2,(H,27,31). The van der Waals surface area contributed by atoms with Gasteiger partial charge in [0.2, 0.25) is 5.69 Å². The fourth-order valence-electron chi connectivity index (χ4n) is 3.12. The SMILES string of the molecule is O=C(Nc1ccc(F)cc1)c1nn(-c2ccccc2F)c(=O)n(Cc2cccc(Cl)c2)c1=O. The van der Waals surface area contributed by atoms with Gasteiger partial charge in [-0.25, -0.2) is 13.6 Å². The van der Waals surface area contributed by atoms with Gasteiger partial charge in [0.1, 0.15) is 17.3 Å². The molecule has 0 aliphatic rings. The second-order valence-electron chi connectivity index (χ2n) is 6.98. The molecule has 10 heteroatoms. The number of hydrogen-bond acceptors (Lipinski definition) is 4. The molecule has 1 aromatic heterocycles. The lowest BCUT2D eigenvalue weighted by Gasteiger charge is -2.13. The van der Waals surface area contributed by atoms with E-state index in [1.807, 2.05) is 0 Å². The van der Waals surface area contributed by atoms with Crippen molar-refractivity contribution in [3.8, 4) is 5.69 Å². The number of halogens is 3. The summed E-state index contributed by atoms with van der Waals surface area (Å²) in [6, 6.07) is 16.6. The van der Waals surface area contributed by atoms with Crippen molar-refractivity contribution in [1.82, 2.24) is 14.3 Å². The summed E-state index contributed by atoms with van der Waals surface area (Å²) in [5, 5.41) is 6.67. The van der Waals surface area contributed by atoms with E-state index >= 15 is 0 Å². The first-order valence-corrected chi connectivity index (χ1v) is 10.0. The number of aromatic nitrogens is 3. The van der Waals surface area contributed by atoms with Gasteiger partial charge in [0.05, 0.1) is 6.54 Å². The van der Waals surface area contributed by atoms with Crippen molar-refractivity contribution in [3.05, 3.63) is 122 Å². The predicted octanol–water partition coefficient (Wildman–Crippen LogP) is 3.63. The molecule has 0 radical (unpaired) electrons. The van der Waals surface area contributed by atoms with E-state index in [1.165, 1.54) is 30.3 Å². The van der Waals surface area contributed by atoms with Crippen LogP contribution in [-0.4, -0.2) is 20.3 Å². The van der Waals surface area contributed by atoms with E-state index in [0.29, 0.717) is 15.3 Å². The smallest absolute Gasteiger partial charge is 0.320 e. The van der Waals surface area contributed by atoms with E-state index in [-0.39, 0.29) is 17.9 Å². The first kappa shape index (κ1) is 22.1. The monoisotopic (exact) mass is 468 g/mol. The Labute approximate surface area is 190 Å². The molecule has 0 aliphatic heterocycles. The quantitative estimate of drug-likeness (QED) is 0.484. The van der Waals surface area contributed by atoms with E-state index < -0.39 is 34.5 Å². The summed E-state index contributed by atoms with van der Waals surface area (Å²) in [5.74, 6) is -2.23. The van der Waals surface area contributed by atoms with Crippen molar-refractivity contribution < 1.29 is 13.6 Å². The molecule has 1 amide bonds. The van der Waals surface area contributed by atoms with Gasteiger partial charge in [0.15, 0.2) is 0 Å². The number of amides is 1. The van der Waals surface area contributed by atoms with Crippen LogP contribution in [0.4, 0.5) is 14.5 Å². The predicted molar refractivity (Wildman–Crippen MR) is 119 cm³/mol. The maximum Gasteiger partial charge on any atom is 0.352 e. The molecule has 0 unspecified atom stereocenters. The van der Waals surface area contributed by atoms with Gasteiger partial charge in [-0.05, 0) is 54.1 Å². The maximum atomic E-state index is 14.4. The highest BCUT2D eigenvalue weighted by Crippen LogP contribution is 2.13. The Morgan fingerprint density at radius 2 is 1.70 bits per heavy atom. The molecule has 0 atom stereocenters. The summed E-state index contributed by atoms with van der Waals surface area (Å²) >= 11 is 6.00. The van der Waals surface area contributed by atoms with E-state index in [0.717, 1.165) is 22.8 Å². The molecule has 4 rings (SSSR count). The average Bonchev–Trinajstić information content (AvgIpc) is 2.79. The highest BCUT2D eigenvalue weighted by molar-refractivity contribution is 6.30. The number of hydrogen-bond donors (Lipinski definition) is 1. The molecule has 0 aliphatic carbocycles. The Bertz CT molecular complexity index is 1470. The van der Waals surface area contributed by atoms with Crippen LogP contribution in [0.3, 0.4) is 0 Å². The third kappa shape index (κ3) is 4.73. The number of nitrogens with zero attached hydrogens (tertiary/aromatic N) is 3. The number of rotatable bonds is 5.